The smallest absolute Gasteiger partial charge is 0.131 e. The van der Waals surface area contributed by atoms with Gasteiger partial charge >= 0.3 is 0 Å². The predicted octanol–water partition coefficient (Wildman–Crippen LogP) is 1.56. The molecule has 3 N–H and O–H groups in total. The first-order valence-electron chi connectivity index (χ1n) is 5.43. The lowest BCUT2D eigenvalue weighted by atomic mass is 9.99. The number of hydrogen-bond acceptors (Lipinski definition) is 3. The van der Waals surface area contributed by atoms with Crippen LogP contribution in [0.5, 0.6) is 0 Å². The number of hydrogen-bond donors (Lipinski definition) is 2. The Morgan fingerprint density at radius 3 is 2.61 bits per heavy atom. The third-order valence-corrected chi connectivity index (χ3v) is 2.81. The maximum atomic E-state index is 13.8. The van der Waals surface area contributed by atoms with Gasteiger partial charge in [0, 0.05) is 30.4 Å². The molecule has 1 aromatic heterocycles. The van der Waals surface area contributed by atoms with Crippen LogP contribution < -0.4 is 11.3 Å². The monoisotopic (exact) mass is 252 g/mol. The van der Waals surface area contributed by atoms with Gasteiger partial charge in [-0.1, -0.05) is 0 Å². The van der Waals surface area contributed by atoms with Crippen molar-refractivity contribution < 1.29 is 8.78 Å². The molecule has 0 saturated carbocycles. The first-order valence-corrected chi connectivity index (χ1v) is 5.43. The summed E-state index contributed by atoms with van der Waals surface area (Å²) in [5.74, 6) is 4.25. The first-order chi connectivity index (χ1) is 8.52. The molecule has 18 heavy (non-hydrogen) atoms. The Morgan fingerprint density at radius 2 is 2.06 bits per heavy atom. The molecule has 6 heteroatoms. The zero-order valence-corrected chi connectivity index (χ0v) is 10.1. The Bertz CT molecular complexity index is 565. The maximum absolute atomic E-state index is 13.8. The Kier molecular flexibility index (Phi) is 3.40. The number of aryl methyl sites for hydroxylation is 2. The van der Waals surface area contributed by atoms with Gasteiger partial charge in [-0.15, -0.1) is 0 Å². The van der Waals surface area contributed by atoms with Crippen molar-refractivity contribution in [3.63, 3.8) is 0 Å². The molecular formula is C12H14F2N4. The van der Waals surface area contributed by atoms with Crippen molar-refractivity contribution in [1.29, 1.82) is 0 Å². The lowest BCUT2D eigenvalue weighted by molar-refractivity contribution is 0.538. The van der Waals surface area contributed by atoms with Crippen molar-refractivity contribution >= 4 is 0 Å². The van der Waals surface area contributed by atoms with Gasteiger partial charge in [-0.25, -0.2) is 14.2 Å². The number of hydrazine groups is 1. The van der Waals surface area contributed by atoms with Crippen LogP contribution in [0.25, 0.3) is 0 Å². The van der Waals surface area contributed by atoms with Gasteiger partial charge in [0.05, 0.1) is 12.2 Å². The lowest BCUT2D eigenvalue weighted by Gasteiger charge is -2.16. The minimum Gasteiger partial charge on any atom is -0.275 e. The number of rotatable bonds is 3. The molecule has 0 aliphatic rings. The zero-order chi connectivity index (χ0) is 13.3. The van der Waals surface area contributed by atoms with Crippen LogP contribution in [0.1, 0.15) is 22.7 Å². The Balaban J connectivity index is 2.48. The number of nitrogens with zero attached hydrogens (tertiary/aromatic N) is 2. The van der Waals surface area contributed by atoms with Crippen molar-refractivity contribution in [1.82, 2.24) is 15.2 Å². The van der Waals surface area contributed by atoms with E-state index in [9.17, 15) is 8.78 Å². The summed E-state index contributed by atoms with van der Waals surface area (Å²) in [7, 11) is 1.75. The summed E-state index contributed by atoms with van der Waals surface area (Å²) in [6, 6.07) is 1.76. The molecule has 1 aromatic carbocycles. The Labute approximate surface area is 103 Å². The van der Waals surface area contributed by atoms with Crippen LogP contribution in [0.15, 0.2) is 24.5 Å². The van der Waals surface area contributed by atoms with E-state index in [1.54, 1.807) is 31.0 Å². The van der Waals surface area contributed by atoms with Crippen molar-refractivity contribution in [2.45, 2.75) is 13.0 Å². The molecule has 0 radical (unpaired) electrons. The lowest BCUT2D eigenvalue weighted by Crippen LogP contribution is -2.29. The number of nitrogens with two attached hydrogens (primary N) is 1. The topological polar surface area (TPSA) is 55.9 Å². The quantitative estimate of drug-likeness (QED) is 0.644. The standard InChI is InChI=1S/C12H14F2N4/c1-7-3-9(11(14)4-10(7)13)12(17-15)8-5-16-18(2)6-8/h3-6,12,17H,15H2,1-2H3. The number of halogens is 2. The first kappa shape index (κ1) is 12.7. The second-order valence-corrected chi connectivity index (χ2v) is 4.17. The van der Waals surface area contributed by atoms with E-state index in [0.29, 0.717) is 16.7 Å². The summed E-state index contributed by atoms with van der Waals surface area (Å²) >= 11 is 0. The van der Waals surface area contributed by atoms with Crippen LogP contribution in [0, 0.1) is 18.6 Å². The summed E-state index contributed by atoms with van der Waals surface area (Å²) in [5, 5.41) is 4.01. The van der Waals surface area contributed by atoms with Crippen LogP contribution in [0.2, 0.25) is 0 Å². The van der Waals surface area contributed by atoms with E-state index in [-0.39, 0.29) is 0 Å². The Hall–Kier alpha value is -1.79. The van der Waals surface area contributed by atoms with Crippen LogP contribution in [0.4, 0.5) is 8.78 Å². The van der Waals surface area contributed by atoms with Gasteiger partial charge in [-0.2, -0.15) is 5.10 Å². The molecule has 1 heterocycles. The van der Waals surface area contributed by atoms with E-state index in [1.807, 2.05) is 0 Å². The van der Waals surface area contributed by atoms with Gasteiger partial charge in [-0.3, -0.25) is 10.5 Å². The molecule has 2 rings (SSSR count). The SMILES string of the molecule is Cc1cc(C(NN)c2cnn(C)c2)c(F)cc1F. The highest BCUT2D eigenvalue weighted by Gasteiger charge is 2.19. The van der Waals surface area contributed by atoms with Crippen molar-refractivity contribution in [3.8, 4) is 0 Å². The number of benzene rings is 1. The molecular weight excluding hydrogens is 238 g/mol. The minimum absolute atomic E-state index is 0.296. The van der Waals surface area contributed by atoms with Crippen molar-refractivity contribution in [3.05, 3.63) is 52.9 Å². The van der Waals surface area contributed by atoms with E-state index < -0.39 is 17.7 Å². The molecule has 96 valence electrons. The second-order valence-electron chi connectivity index (χ2n) is 4.17. The summed E-state index contributed by atoms with van der Waals surface area (Å²) in [5.41, 5.74) is 3.90. The predicted molar refractivity (Wildman–Crippen MR) is 63.5 cm³/mol. The fraction of sp³-hybridized carbons (Fsp3) is 0.250. The molecule has 0 spiro atoms. The third-order valence-electron chi connectivity index (χ3n) is 2.81. The van der Waals surface area contributed by atoms with Crippen molar-refractivity contribution in [2.75, 3.05) is 0 Å². The second kappa shape index (κ2) is 4.83. The number of nitrogens with one attached hydrogen (secondary N) is 1. The third kappa shape index (κ3) is 2.25. The average molecular weight is 252 g/mol. The molecule has 0 amide bonds. The Morgan fingerprint density at radius 1 is 1.33 bits per heavy atom. The molecule has 0 aliphatic carbocycles. The largest absolute Gasteiger partial charge is 0.275 e. The molecule has 0 fully saturated rings. The maximum Gasteiger partial charge on any atom is 0.131 e. The van der Waals surface area contributed by atoms with Crippen LogP contribution >= 0.6 is 0 Å². The molecule has 2 aromatic rings. The van der Waals surface area contributed by atoms with Crippen molar-refractivity contribution in [2.24, 2.45) is 12.9 Å². The van der Waals surface area contributed by atoms with E-state index in [1.165, 1.54) is 6.07 Å². The highest BCUT2D eigenvalue weighted by Crippen LogP contribution is 2.25. The van der Waals surface area contributed by atoms with E-state index in [2.05, 4.69) is 10.5 Å². The van der Waals surface area contributed by atoms with Gasteiger partial charge in [0.2, 0.25) is 0 Å². The van der Waals surface area contributed by atoms with Crippen LogP contribution in [0.3, 0.4) is 0 Å². The summed E-state index contributed by atoms with van der Waals surface area (Å²) in [6.45, 7) is 1.58. The van der Waals surface area contributed by atoms with Crippen LogP contribution in [-0.2, 0) is 7.05 Å². The van der Waals surface area contributed by atoms with Crippen LogP contribution in [-0.4, -0.2) is 9.78 Å². The molecule has 0 bridgehead atoms. The summed E-state index contributed by atoms with van der Waals surface area (Å²) in [6.07, 6.45) is 3.31. The summed E-state index contributed by atoms with van der Waals surface area (Å²) < 4.78 is 28.6. The van der Waals surface area contributed by atoms with Gasteiger partial charge in [0.1, 0.15) is 11.6 Å². The van der Waals surface area contributed by atoms with Gasteiger partial charge < -0.3 is 0 Å². The molecule has 0 aliphatic heterocycles. The molecule has 1 atom stereocenters. The minimum atomic E-state index is -0.634. The van der Waals surface area contributed by atoms with E-state index in [4.69, 9.17) is 5.84 Å². The molecule has 1 unspecified atom stereocenters. The fourth-order valence-corrected chi connectivity index (χ4v) is 1.86. The van der Waals surface area contributed by atoms with Gasteiger partial charge in [0.15, 0.2) is 0 Å². The molecule has 4 nitrogen and oxygen atoms in total. The number of aromatic nitrogens is 2. The van der Waals surface area contributed by atoms with Gasteiger partial charge in [0.25, 0.3) is 0 Å². The highest BCUT2D eigenvalue weighted by molar-refractivity contribution is 5.34. The van der Waals surface area contributed by atoms with Gasteiger partial charge in [-0.05, 0) is 18.6 Å². The average Bonchev–Trinajstić information content (AvgIpc) is 2.73. The van der Waals surface area contributed by atoms with E-state index >= 15 is 0 Å². The molecule has 0 saturated heterocycles. The summed E-state index contributed by atoms with van der Waals surface area (Å²) in [4.78, 5) is 0. The highest BCUT2D eigenvalue weighted by atomic mass is 19.1. The van der Waals surface area contributed by atoms with E-state index in [0.717, 1.165) is 6.07 Å². The zero-order valence-electron chi connectivity index (χ0n) is 10.1. The normalized spacial score (nSPS) is 12.7. The fourth-order valence-electron chi connectivity index (χ4n) is 1.86.